The lowest BCUT2D eigenvalue weighted by atomic mass is 9.77. The van der Waals surface area contributed by atoms with E-state index in [1.165, 1.54) is 7.11 Å². The van der Waals surface area contributed by atoms with Crippen LogP contribution in [0.5, 0.6) is 0 Å². The SMILES string of the molecule is COC(=O)c1ccc([C@@H]2Nc3cc(Cl)cc(Cl)c3[C@H]3C=CC[C@H]32)cc1. The molecular weight excluding hydrogens is 357 g/mol. The first-order valence-corrected chi connectivity index (χ1v) is 8.94. The normalized spacial score (nSPS) is 23.6. The van der Waals surface area contributed by atoms with E-state index in [0.717, 1.165) is 23.2 Å². The van der Waals surface area contributed by atoms with Crippen LogP contribution in [0.1, 0.15) is 39.9 Å². The van der Waals surface area contributed by atoms with E-state index in [4.69, 9.17) is 27.9 Å². The number of halogens is 2. The van der Waals surface area contributed by atoms with Gasteiger partial charge in [0.1, 0.15) is 0 Å². The molecule has 25 heavy (non-hydrogen) atoms. The van der Waals surface area contributed by atoms with Crippen LogP contribution in [0, 0.1) is 5.92 Å². The summed E-state index contributed by atoms with van der Waals surface area (Å²) in [6.07, 6.45) is 5.44. The summed E-state index contributed by atoms with van der Waals surface area (Å²) in [6, 6.07) is 11.4. The van der Waals surface area contributed by atoms with E-state index in [0.29, 0.717) is 21.5 Å². The highest BCUT2D eigenvalue weighted by molar-refractivity contribution is 6.35. The van der Waals surface area contributed by atoms with Crippen molar-refractivity contribution in [2.45, 2.75) is 18.4 Å². The summed E-state index contributed by atoms with van der Waals surface area (Å²) in [5, 5.41) is 4.93. The maximum Gasteiger partial charge on any atom is 0.337 e. The monoisotopic (exact) mass is 373 g/mol. The zero-order valence-electron chi connectivity index (χ0n) is 13.6. The molecule has 1 aliphatic carbocycles. The van der Waals surface area contributed by atoms with Gasteiger partial charge in [0.15, 0.2) is 0 Å². The van der Waals surface area contributed by atoms with Crippen LogP contribution in [0.25, 0.3) is 0 Å². The van der Waals surface area contributed by atoms with Crippen LogP contribution in [0.2, 0.25) is 10.0 Å². The Morgan fingerprint density at radius 3 is 2.68 bits per heavy atom. The lowest BCUT2D eigenvalue weighted by Crippen LogP contribution is -2.29. The molecule has 0 saturated heterocycles. The minimum absolute atomic E-state index is 0.133. The average Bonchev–Trinajstić information content (AvgIpc) is 3.09. The zero-order valence-corrected chi connectivity index (χ0v) is 15.1. The molecule has 0 aromatic heterocycles. The minimum Gasteiger partial charge on any atom is -0.465 e. The number of ether oxygens (including phenoxy) is 1. The molecule has 2 aromatic rings. The number of benzene rings is 2. The molecule has 1 N–H and O–H groups in total. The molecule has 2 aromatic carbocycles. The van der Waals surface area contributed by atoms with Crippen LogP contribution in [0.4, 0.5) is 5.69 Å². The molecule has 1 heterocycles. The second-order valence-electron chi connectivity index (χ2n) is 6.44. The quantitative estimate of drug-likeness (QED) is 0.549. The Bertz CT molecular complexity index is 861. The fourth-order valence-electron chi connectivity index (χ4n) is 3.92. The van der Waals surface area contributed by atoms with Crippen LogP contribution >= 0.6 is 23.2 Å². The Balaban J connectivity index is 1.73. The van der Waals surface area contributed by atoms with Gasteiger partial charge < -0.3 is 10.1 Å². The highest BCUT2D eigenvalue weighted by Gasteiger charge is 2.39. The number of hydrogen-bond donors (Lipinski definition) is 1. The molecular formula is C20H17Cl2NO2. The summed E-state index contributed by atoms with van der Waals surface area (Å²) in [7, 11) is 1.39. The van der Waals surface area contributed by atoms with E-state index in [2.05, 4.69) is 17.5 Å². The highest BCUT2D eigenvalue weighted by atomic mass is 35.5. The van der Waals surface area contributed by atoms with E-state index in [1.807, 2.05) is 18.2 Å². The van der Waals surface area contributed by atoms with E-state index < -0.39 is 0 Å². The van der Waals surface area contributed by atoms with Crippen LogP contribution < -0.4 is 5.32 Å². The molecule has 0 fully saturated rings. The predicted octanol–water partition coefficient (Wildman–Crippen LogP) is 5.61. The van der Waals surface area contributed by atoms with Crippen molar-refractivity contribution < 1.29 is 9.53 Å². The first kappa shape index (κ1) is 16.5. The van der Waals surface area contributed by atoms with Crippen molar-refractivity contribution in [2.75, 3.05) is 12.4 Å². The number of esters is 1. The average molecular weight is 374 g/mol. The molecule has 1 aliphatic heterocycles. The van der Waals surface area contributed by atoms with Gasteiger partial charge >= 0.3 is 5.97 Å². The van der Waals surface area contributed by atoms with E-state index in [-0.39, 0.29) is 17.9 Å². The Labute approximate surface area is 156 Å². The molecule has 0 spiro atoms. The second-order valence-corrected chi connectivity index (χ2v) is 7.28. The molecule has 0 radical (unpaired) electrons. The molecule has 3 atom stereocenters. The van der Waals surface area contributed by atoms with Crippen LogP contribution in [-0.4, -0.2) is 13.1 Å². The van der Waals surface area contributed by atoms with Gasteiger partial charge in [0, 0.05) is 27.2 Å². The molecule has 0 saturated carbocycles. The second kappa shape index (κ2) is 6.40. The molecule has 4 rings (SSSR count). The van der Waals surface area contributed by atoms with Gasteiger partial charge in [0.05, 0.1) is 18.7 Å². The lowest BCUT2D eigenvalue weighted by molar-refractivity contribution is 0.0600. The van der Waals surface area contributed by atoms with Gasteiger partial charge in [-0.1, -0.05) is 47.5 Å². The third kappa shape index (κ3) is 2.82. The Morgan fingerprint density at radius 1 is 1.20 bits per heavy atom. The van der Waals surface area contributed by atoms with E-state index in [1.54, 1.807) is 18.2 Å². The third-order valence-corrected chi connectivity index (χ3v) is 5.60. The highest BCUT2D eigenvalue weighted by Crippen LogP contribution is 2.52. The van der Waals surface area contributed by atoms with Crippen molar-refractivity contribution in [1.29, 1.82) is 0 Å². The zero-order chi connectivity index (χ0) is 17.6. The third-order valence-electron chi connectivity index (χ3n) is 5.07. The summed E-state index contributed by atoms with van der Waals surface area (Å²) < 4.78 is 4.77. The number of carbonyl (C=O) groups is 1. The maximum atomic E-state index is 11.6. The van der Waals surface area contributed by atoms with Gasteiger partial charge in [-0.2, -0.15) is 0 Å². The molecule has 128 valence electrons. The number of hydrogen-bond acceptors (Lipinski definition) is 3. The summed E-state index contributed by atoms with van der Waals surface area (Å²) in [6.45, 7) is 0. The number of methoxy groups -OCH3 is 1. The fourth-order valence-corrected chi connectivity index (χ4v) is 4.54. The number of carbonyl (C=O) groups excluding carboxylic acids is 1. The van der Waals surface area contributed by atoms with Crippen LogP contribution in [0.15, 0.2) is 48.6 Å². The Kier molecular flexibility index (Phi) is 4.22. The van der Waals surface area contributed by atoms with Gasteiger partial charge in [0.2, 0.25) is 0 Å². The Hall–Kier alpha value is -1.97. The van der Waals surface area contributed by atoms with Crippen molar-refractivity contribution in [3.05, 3.63) is 75.3 Å². The number of nitrogens with one attached hydrogen (secondary N) is 1. The van der Waals surface area contributed by atoms with Gasteiger partial charge in [-0.05, 0) is 42.2 Å². The smallest absolute Gasteiger partial charge is 0.337 e. The molecule has 0 bridgehead atoms. The van der Waals surface area contributed by atoms with Gasteiger partial charge in [-0.15, -0.1) is 0 Å². The van der Waals surface area contributed by atoms with Gasteiger partial charge in [-0.3, -0.25) is 0 Å². The maximum absolute atomic E-state index is 11.6. The van der Waals surface area contributed by atoms with Gasteiger partial charge in [-0.25, -0.2) is 4.79 Å². The van der Waals surface area contributed by atoms with Crippen LogP contribution in [-0.2, 0) is 4.74 Å². The predicted molar refractivity (Wildman–Crippen MR) is 101 cm³/mol. The van der Waals surface area contributed by atoms with Gasteiger partial charge in [0.25, 0.3) is 0 Å². The van der Waals surface area contributed by atoms with Crippen molar-refractivity contribution in [3.8, 4) is 0 Å². The van der Waals surface area contributed by atoms with E-state index >= 15 is 0 Å². The summed E-state index contributed by atoms with van der Waals surface area (Å²) in [5.41, 5.74) is 3.78. The topological polar surface area (TPSA) is 38.3 Å². The number of rotatable bonds is 2. The van der Waals surface area contributed by atoms with E-state index in [9.17, 15) is 4.79 Å². The number of fused-ring (bicyclic) bond motifs is 3. The largest absolute Gasteiger partial charge is 0.465 e. The molecule has 0 unspecified atom stereocenters. The van der Waals surface area contributed by atoms with Crippen molar-refractivity contribution in [2.24, 2.45) is 5.92 Å². The summed E-state index contributed by atoms with van der Waals surface area (Å²) in [5.74, 6) is 0.328. The minimum atomic E-state index is -0.326. The molecule has 5 heteroatoms. The molecule has 0 amide bonds. The Morgan fingerprint density at radius 2 is 1.96 bits per heavy atom. The number of anilines is 1. The summed E-state index contributed by atoms with van der Waals surface area (Å²) in [4.78, 5) is 11.6. The summed E-state index contributed by atoms with van der Waals surface area (Å²) >= 11 is 12.7. The molecule has 2 aliphatic rings. The van der Waals surface area contributed by atoms with Crippen molar-refractivity contribution in [1.82, 2.24) is 0 Å². The first-order chi connectivity index (χ1) is 12.1. The van der Waals surface area contributed by atoms with Crippen LogP contribution in [0.3, 0.4) is 0 Å². The van der Waals surface area contributed by atoms with Crippen molar-refractivity contribution >= 4 is 34.9 Å². The molecule has 3 nitrogen and oxygen atoms in total. The standard InChI is InChI=1S/C20H17Cl2NO2/c1-25-20(24)12-7-5-11(6-8-12)19-15-4-2-3-14(15)18-16(22)9-13(21)10-17(18)23-19/h2-3,5-10,14-15,19,23H,4H2,1H3/t14-,15+,19-/m0/s1. The fraction of sp³-hybridized carbons (Fsp3) is 0.250. The first-order valence-electron chi connectivity index (χ1n) is 8.19. The van der Waals surface area contributed by atoms with Crippen molar-refractivity contribution in [3.63, 3.8) is 0 Å². The number of allylic oxidation sites excluding steroid dienone is 2. The lowest BCUT2D eigenvalue weighted by Gasteiger charge is -2.38.